The van der Waals surface area contributed by atoms with Crippen LogP contribution in [0.5, 0.6) is 0 Å². The van der Waals surface area contributed by atoms with Crippen LogP contribution in [-0.2, 0) is 9.47 Å². The Morgan fingerprint density at radius 1 is 1.35 bits per heavy atom. The molecule has 0 aliphatic rings. The van der Waals surface area contributed by atoms with E-state index >= 15 is 0 Å². The lowest BCUT2D eigenvalue weighted by molar-refractivity contribution is -0.0904. The van der Waals surface area contributed by atoms with E-state index in [0.717, 1.165) is 51.6 Å². The third kappa shape index (κ3) is 10.9. The van der Waals surface area contributed by atoms with Crippen LogP contribution in [0.25, 0.3) is 0 Å². The summed E-state index contributed by atoms with van der Waals surface area (Å²) in [6.07, 6.45) is 4.96. The maximum absolute atomic E-state index is 5.71. The number of hydrogen-bond donors (Lipinski definition) is 1. The summed E-state index contributed by atoms with van der Waals surface area (Å²) in [6, 6.07) is 1.09. The first-order valence-electron chi connectivity index (χ1n) is 7.21. The monoisotopic (exact) mass is 333 g/mol. The fraction of sp³-hybridized carbons (Fsp3) is 0.786. The Bertz CT molecular complexity index is 260. The highest BCUT2D eigenvalue weighted by Crippen LogP contribution is 2.04. The van der Waals surface area contributed by atoms with Crippen LogP contribution in [0.3, 0.4) is 0 Å². The van der Waals surface area contributed by atoms with E-state index in [1.165, 1.54) is 0 Å². The molecule has 116 valence electrons. The SMILES string of the molecule is C=CCN(CCC[Si]C(OCCC)OCCC)C(=S)S. The average molecular weight is 334 g/mol. The number of rotatable bonds is 13. The molecular weight excluding hydrogens is 306 g/mol. The average Bonchev–Trinajstić information content (AvgIpc) is 2.43. The molecule has 0 heterocycles. The zero-order valence-electron chi connectivity index (χ0n) is 12.6. The number of thiol groups is 1. The quantitative estimate of drug-likeness (QED) is 0.139. The fourth-order valence-corrected chi connectivity index (χ4v) is 2.94. The highest BCUT2D eigenvalue weighted by Gasteiger charge is 2.10. The second kappa shape index (κ2) is 14.1. The Hall–Kier alpha value is 0.117. The van der Waals surface area contributed by atoms with Crippen LogP contribution >= 0.6 is 24.8 Å². The molecule has 0 rings (SSSR count). The van der Waals surface area contributed by atoms with Crippen molar-refractivity contribution in [1.29, 1.82) is 0 Å². The smallest absolute Gasteiger partial charge is 0.137 e. The fourth-order valence-electron chi connectivity index (χ4n) is 1.53. The molecule has 0 saturated heterocycles. The summed E-state index contributed by atoms with van der Waals surface area (Å²) in [6.45, 7) is 11.2. The first kappa shape index (κ1) is 20.1. The minimum atomic E-state index is -0.0364. The molecule has 2 radical (unpaired) electrons. The van der Waals surface area contributed by atoms with E-state index in [2.05, 4.69) is 33.1 Å². The molecule has 0 fully saturated rings. The number of nitrogens with zero attached hydrogens (tertiary/aromatic N) is 1. The van der Waals surface area contributed by atoms with Gasteiger partial charge < -0.3 is 14.4 Å². The van der Waals surface area contributed by atoms with Crippen molar-refractivity contribution in [2.75, 3.05) is 26.3 Å². The van der Waals surface area contributed by atoms with Gasteiger partial charge in [-0.1, -0.05) is 38.2 Å². The summed E-state index contributed by atoms with van der Waals surface area (Å²) < 4.78 is 12.1. The summed E-state index contributed by atoms with van der Waals surface area (Å²) in [5.41, 5.74) is 0. The van der Waals surface area contributed by atoms with Crippen molar-refractivity contribution in [2.45, 2.75) is 45.1 Å². The van der Waals surface area contributed by atoms with Gasteiger partial charge in [0, 0.05) is 26.3 Å². The van der Waals surface area contributed by atoms with E-state index in [1.807, 2.05) is 11.0 Å². The first-order valence-corrected chi connectivity index (χ1v) is 9.35. The van der Waals surface area contributed by atoms with Crippen molar-refractivity contribution in [2.24, 2.45) is 0 Å². The van der Waals surface area contributed by atoms with Crippen LogP contribution < -0.4 is 0 Å². The molecule has 3 nitrogen and oxygen atoms in total. The first-order chi connectivity index (χ1) is 9.65. The van der Waals surface area contributed by atoms with E-state index in [-0.39, 0.29) is 5.91 Å². The van der Waals surface area contributed by atoms with Crippen molar-refractivity contribution in [3.05, 3.63) is 12.7 Å². The van der Waals surface area contributed by atoms with Crippen molar-refractivity contribution in [3.63, 3.8) is 0 Å². The predicted molar refractivity (Wildman–Crippen MR) is 94.8 cm³/mol. The van der Waals surface area contributed by atoms with Crippen LogP contribution in [0.4, 0.5) is 0 Å². The van der Waals surface area contributed by atoms with Gasteiger partial charge in [0.1, 0.15) is 19.8 Å². The molecule has 6 heteroatoms. The van der Waals surface area contributed by atoms with Crippen LogP contribution in [0.2, 0.25) is 6.04 Å². The summed E-state index contributed by atoms with van der Waals surface area (Å²) >= 11 is 9.32. The molecule has 0 N–H and O–H groups in total. The summed E-state index contributed by atoms with van der Waals surface area (Å²) in [4.78, 5) is 2.05. The van der Waals surface area contributed by atoms with Crippen molar-refractivity contribution < 1.29 is 9.47 Å². The molecular formula is C14H27NO2S2Si. The molecule has 0 aromatic heterocycles. The lowest BCUT2D eigenvalue weighted by Crippen LogP contribution is -2.29. The van der Waals surface area contributed by atoms with E-state index in [9.17, 15) is 0 Å². The molecule has 0 bridgehead atoms. The minimum Gasteiger partial charge on any atom is -0.357 e. The van der Waals surface area contributed by atoms with Crippen molar-refractivity contribution >= 4 is 38.7 Å². The third-order valence-corrected chi connectivity index (χ3v) is 4.33. The Morgan fingerprint density at radius 2 is 1.95 bits per heavy atom. The molecule has 0 aliphatic heterocycles. The largest absolute Gasteiger partial charge is 0.357 e. The molecule has 0 aliphatic carbocycles. The lowest BCUT2D eigenvalue weighted by Gasteiger charge is -2.21. The van der Waals surface area contributed by atoms with Gasteiger partial charge in [-0.3, -0.25) is 0 Å². The Morgan fingerprint density at radius 3 is 2.40 bits per heavy atom. The van der Waals surface area contributed by atoms with E-state index in [4.69, 9.17) is 21.7 Å². The molecule has 0 spiro atoms. The lowest BCUT2D eigenvalue weighted by atomic mass is 10.4. The molecule has 20 heavy (non-hydrogen) atoms. The Labute approximate surface area is 137 Å². The van der Waals surface area contributed by atoms with Gasteiger partial charge in [0.05, 0.1) is 0 Å². The summed E-state index contributed by atoms with van der Waals surface area (Å²) in [5, 5.41) is 0. The van der Waals surface area contributed by atoms with Gasteiger partial charge in [-0.25, -0.2) is 0 Å². The van der Waals surface area contributed by atoms with Gasteiger partial charge in [-0.05, 0) is 19.3 Å². The number of ether oxygens (including phenoxy) is 2. The predicted octanol–water partition coefficient (Wildman–Crippen LogP) is 3.34. The zero-order chi connectivity index (χ0) is 15.2. The second-order valence-corrected chi connectivity index (χ2v) is 6.89. The second-order valence-electron chi connectivity index (χ2n) is 4.40. The molecule has 0 aromatic rings. The highest BCUT2D eigenvalue weighted by atomic mass is 32.1. The van der Waals surface area contributed by atoms with Gasteiger partial charge in [0.15, 0.2) is 0 Å². The molecule has 0 aromatic carbocycles. The highest BCUT2D eigenvalue weighted by molar-refractivity contribution is 8.10. The van der Waals surface area contributed by atoms with E-state index in [0.29, 0.717) is 13.8 Å². The van der Waals surface area contributed by atoms with Gasteiger partial charge in [0.25, 0.3) is 0 Å². The summed E-state index contributed by atoms with van der Waals surface area (Å²) in [7, 11) is 0.673. The van der Waals surface area contributed by atoms with Crippen LogP contribution in [-0.4, -0.2) is 51.0 Å². The zero-order valence-corrected chi connectivity index (χ0v) is 15.3. The normalized spacial score (nSPS) is 10.8. The third-order valence-electron chi connectivity index (χ3n) is 2.48. The number of hydrogen-bond acceptors (Lipinski definition) is 3. The van der Waals surface area contributed by atoms with Gasteiger partial charge >= 0.3 is 0 Å². The molecule has 0 unspecified atom stereocenters. The Kier molecular flexibility index (Phi) is 14.2. The maximum atomic E-state index is 5.71. The minimum absolute atomic E-state index is 0.0364. The Balaban J connectivity index is 3.89. The number of thiocarbonyl (C=S) groups is 1. The maximum Gasteiger partial charge on any atom is 0.137 e. The summed E-state index contributed by atoms with van der Waals surface area (Å²) in [5.74, 6) is -0.0364. The van der Waals surface area contributed by atoms with E-state index < -0.39 is 0 Å². The van der Waals surface area contributed by atoms with E-state index in [1.54, 1.807) is 0 Å². The molecule has 0 amide bonds. The van der Waals surface area contributed by atoms with Crippen LogP contribution in [0.1, 0.15) is 33.1 Å². The standard InChI is InChI=1S/C14H27NO2S2Si/c1-4-8-15(13(18)19)9-7-12-20-14(16-10-5-2)17-11-6-3/h4,14H,1,5-12H2,2-3H3,(H,18,19). The molecule has 0 saturated carbocycles. The van der Waals surface area contributed by atoms with Crippen LogP contribution in [0.15, 0.2) is 12.7 Å². The van der Waals surface area contributed by atoms with Gasteiger partial charge in [-0.15, -0.1) is 19.2 Å². The van der Waals surface area contributed by atoms with Crippen LogP contribution in [0, 0.1) is 0 Å². The topological polar surface area (TPSA) is 21.7 Å². The van der Waals surface area contributed by atoms with Gasteiger partial charge in [0.2, 0.25) is 0 Å². The molecule has 0 atom stereocenters. The van der Waals surface area contributed by atoms with Gasteiger partial charge in [-0.2, -0.15) is 0 Å². The van der Waals surface area contributed by atoms with Crippen molar-refractivity contribution in [3.8, 4) is 0 Å². The van der Waals surface area contributed by atoms with Crippen molar-refractivity contribution in [1.82, 2.24) is 4.90 Å².